The predicted molar refractivity (Wildman–Crippen MR) is 92.1 cm³/mol. The Hall–Kier alpha value is -1.82. The Labute approximate surface area is 140 Å². The molecule has 2 aromatic rings. The van der Waals surface area contributed by atoms with E-state index in [2.05, 4.69) is 5.10 Å². The Bertz CT molecular complexity index is 730. The minimum atomic E-state index is 0.452. The van der Waals surface area contributed by atoms with Crippen LogP contribution in [0.15, 0.2) is 23.2 Å². The van der Waals surface area contributed by atoms with Gasteiger partial charge >= 0.3 is 0 Å². The number of benzene rings is 1. The monoisotopic (exact) mass is 333 g/mol. The van der Waals surface area contributed by atoms with E-state index in [4.69, 9.17) is 14.5 Å². The summed E-state index contributed by atoms with van der Waals surface area (Å²) in [4.78, 5) is 5.89. The molecule has 3 rings (SSSR count). The van der Waals surface area contributed by atoms with Gasteiger partial charge in [-0.2, -0.15) is 5.10 Å². The highest BCUT2D eigenvalue weighted by Gasteiger charge is 2.14. The van der Waals surface area contributed by atoms with Crippen LogP contribution in [0.3, 0.4) is 0 Å². The van der Waals surface area contributed by atoms with Crippen LogP contribution in [0.2, 0.25) is 0 Å². The predicted octanol–water partition coefficient (Wildman–Crippen LogP) is 3.40. The normalized spacial score (nSPS) is 16.6. The van der Waals surface area contributed by atoms with Crippen LogP contribution in [0.1, 0.15) is 32.1 Å². The zero-order valence-corrected chi connectivity index (χ0v) is 14.7. The van der Waals surface area contributed by atoms with E-state index < -0.39 is 0 Å². The average molecular weight is 333 g/mol. The van der Waals surface area contributed by atoms with Crippen molar-refractivity contribution < 1.29 is 9.47 Å². The highest BCUT2D eigenvalue weighted by atomic mass is 32.1. The summed E-state index contributed by atoms with van der Waals surface area (Å²) in [6.07, 6.45) is 6.32. The van der Waals surface area contributed by atoms with Crippen molar-refractivity contribution in [2.45, 2.75) is 38.1 Å². The lowest BCUT2D eigenvalue weighted by atomic mass is 9.96. The zero-order valence-electron chi connectivity index (χ0n) is 13.9. The Kier molecular flexibility index (Phi) is 5.00. The number of ether oxygens (including phenoxy) is 2. The maximum absolute atomic E-state index is 5.38. The van der Waals surface area contributed by atoms with Gasteiger partial charge in [0.25, 0.3) is 0 Å². The van der Waals surface area contributed by atoms with Crippen molar-refractivity contribution >= 4 is 11.3 Å². The standard InChI is InChI=1S/C17H23N3O2S/c1-20-17(18-13-7-5-4-6-8-13)23-16(19-20)12-9-10-14(21-2)15(11-12)22-3/h9-11,13H,4-8H2,1-3H3/b18-17-. The Morgan fingerprint density at radius 1 is 1.13 bits per heavy atom. The molecule has 0 N–H and O–H groups in total. The molecule has 1 aliphatic rings. The average Bonchev–Trinajstić information content (AvgIpc) is 2.96. The molecule has 1 saturated carbocycles. The third kappa shape index (κ3) is 3.58. The molecule has 23 heavy (non-hydrogen) atoms. The second-order valence-corrected chi connectivity index (χ2v) is 6.76. The molecule has 124 valence electrons. The molecule has 1 heterocycles. The number of methoxy groups -OCH3 is 2. The molecule has 0 spiro atoms. The molecule has 1 aromatic heterocycles. The Morgan fingerprint density at radius 3 is 2.57 bits per heavy atom. The smallest absolute Gasteiger partial charge is 0.203 e. The molecule has 5 nitrogen and oxygen atoms in total. The van der Waals surface area contributed by atoms with Gasteiger partial charge in [0.15, 0.2) is 11.5 Å². The Balaban J connectivity index is 1.92. The van der Waals surface area contributed by atoms with Gasteiger partial charge in [-0.15, -0.1) is 0 Å². The highest BCUT2D eigenvalue weighted by Crippen LogP contribution is 2.32. The van der Waals surface area contributed by atoms with E-state index in [1.165, 1.54) is 32.1 Å². The SMILES string of the molecule is COc1ccc(-c2nn(C)/c(=N/C3CCCCC3)s2)cc1OC. The van der Waals surface area contributed by atoms with Gasteiger partial charge in [0.2, 0.25) is 4.80 Å². The number of hydrogen-bond donors (Lipinski definition) is 0. The van der Waals surface area contributed by atoms with Crippen LogP contribution in [0.25, 0.3) is 10.6 Å². The second-order valence-electron chi connectivity index (χ2n) is 5.80. The summed E-state index contributed by atoms with van der Waals surface area (Å²) in [5.41, 5.74) is 1.02. The molecule has 0 radical (unpaired) electrons. The van der Waals surface area contributed by atoms with E-state index in [1.54, 1.807) is 25.6 Å². The van der Waals surface area contributed by atoms with E-state index in [9.17, 15) is 0 Å². The van der Waals surface area contributed by atoms with Crippen molar-refractivity contribution in [1.82, 2.24) is 9.78 Å². The summed E-state index contributed by atoms with van der Waals surface area (Å²) in [6, 6.07) is 6.33. The number of hydrogen-bond acceptors (Lipinski definition) is 5. The molecule has 0 unspecified atom stereocenters. The van der Waals surface area contributed by atoms with Crippen molar-refractivity contribution in [3.8, 4) is 22.1 Å². The van der Waals surface area contributed by atoms with Crippen LogP contribution in [-0.2, 0) is 7.05 Å². The number of nitrogens with zero attached hydrogens (tertiary/aromatic N) is 3. The lowest BCUT2D eigenvalue weighted by Gasteiger charge is -2.16. The van der Waals surface area contributed by atoms with Crippen LogP contribution < -0.4 is 14.3 Å². The molecule has 0 aliphatic heterocycles. The highest BCUT2D eigenvalue weighted by molar-refractivity contribution is 7.12. The molecule has 1 aromatic carbocycles. The topological polar surface area (TPSA) is 48.6 Å². The third-order valence-electron chi connectivity index (χ3n) is 4.20. The first kappa shape index (κ1) is 16.1. The first-order valence-corrected chi connectivity index (χ1v) is 8.83. The fourth-order valence-electron chi connectivity index (χ4n) is 2.91. The summed E-state index contributed by atoms with van der Waals surface area (Å²) in [5, 5.41) is 5.57. The zero-order chi connectivity index (χ0) is 16.2. The van der Waals surface area contributed by atoms with Crippen molar-refractivity contribution in [2.75, 3.05) is 14.2 Å². The molecular weight excluding hydrogens is 310 g/mol. The Morgan fingerprint density at radius 2 is 1.87 bits per heavy atom. The van der Waals surface area contributed by atoms with Gasteiger partial charge < -0.3 is 9.47 Å². The minimum Gasteiger partial charge on any atom is -0.493 e. The quantitative estimate of drug-likeness (QED) is 0.861. The summed E-state index contributed by atoms with van der Waals surface area (Å²) in [6.45, 7) is 0. The lowest BCUT2D eigenvalue weighted by molar-refractivity contribution is 0.355. The van der Waals surface area contributed by atoms with Crippen molar-refractivity contribution in [1.29, 1.82) is 0 Å². The molecule has 6 heteroatoms. The summed E-state index contributed by atoms with van der Waals surface area (Å²) in [7, 11) is 5.25. The van der Waals surface area contributed by atoms with E-state index in [0.717, 1.165) is 21.1 Å². The molecule has 1 aliphatic carbocycles. The van der Waals surface area contributed by atoms with Crippen LogP contribution in [-0.4, -0.2) is 30.0 Å². The van der Waals surface area contributed by atoms with Gasteiger partial charge in [-0.25, -0.2) is 4.68 Å². The van der Waals surface area contributed by atoms with Gasteiger partial charge in [-0.3, -0.25) is 4.99 Å². The van der Waals surface area contributed by atoms with E-state index in [0.29, 0.717) is 11.8 Å². The fourth-order valence-corrected chi connectivity index (χ4v) is 3.87. The van der Waals surface area contributed by atoms with Crippen LogP contribution in [0.5, 0.6) is 11.5 Å². The minimum absolute atomic E-state index is 0.452. The maximum Gasteiger partial charge on any atom is 0.203 e. The summed E-state index contributed by atoms with van der Waals surface area (Å²) in [5.74, 6) is 1.44. The van der Waals surface area contributed by atoms with Gasteiger partial charge in [0.1, 0.15) is 5.01 Å². The van der Waals surface area contributed by atoms with Gasteiger partial charge in [0, 0.05) is 12.6 Å². The van der Waals surface area contributed by atoms with Crippen molar-refractivity contribution in [3.63, 3.8) is 0 Å². The molecule has 0 atom stereocenters. The number of rotatable bonds is 4. The fraction of sp³-hybridized carbons (Fsp3) is 0.529. The van der Waals surface area contributed by atoms with E-state index >= 15 is 0 Å². The van der Waals surface area contributed by atoms with Gasteiger partial charge in [-0.05, 0) is 31.0 Å². The third-order valence-corrected chi connectivity index (χ3v) is 5.27. The lowest BCUT2D eigenvalue weighted by Crippen LogP contribution is -2.18. The van der Waals surface area contributed by atoms with Gasteiger partial charge in [-0.1, -0.05) is 30.6 Å². The maximum atomic E-state index is 5.38. The van der Waals surface area contributed by atoms with Crippen molar-refractivity contribution in [2.24, 2.45) is 12.0 Å². The molecule has 0 amide bonds. The number of aromatic nitrogens is 2. The van der Waals surface area contributed by atoms with Crippen LogP contribution >= 0.6 is 11.3 Å². The van der Waals surface area contributed by atoms with E-state index in [-0.39, 0.29) is 0 Å². The van der Waals surface area contributed by atoms with E-state index in [1.807, 2.05) is 29.9 Å². The van der Waals surface area contributed by atoms with Gasteiger partial charge in [0.05, 0.1) is 20.3 Å². The number of aryl methyl sites for hydroxylation is 1. The summed E-state index contributed by atoms with van der Waals surface area (Å²) < 4.78 is 12.5. The summed E-state index contributed by atoms with van der Waals surface area (Å²) >= 11 is 1.63. The molecule has 0 saturated heterocycles. The first-order chi connectivity index (χ1) is 11.2. The van der Waals surface area contributed by atoms with Crippen LogP contribution in [0.4, 0.5) is 0 Å². The van der Waals surface area contributed by atoms with Crippen LogP contribution in [0, 0.1) is 0 Å². The second kappa shape index (κ2) is 7.17. The molecule has 1 fully saturated rings. The largest absolute Gasteiger partial charge is 0.493 e. The first-order valence-electron chi connectivity index (χ1n) is 8.01. The molecular formula is C17H23N3O2S. The molecule has 0 bridgehead atoms. The van der Waals surface area contributed by atoms with Crippen molar-refractivity contribution in [3.05, 3.63) is 23.0 Å².